The molecule has 0 saturated carbocycles. The Bertz CT molecular complexity index is 704. The number of carbonyl (C=O) groups is 1. The van der Waals surface area contributed by atoms with Crippen LogP contribution in [0.15, 0.2) is 29.2 Å². The van der Waals surface area contributed by atoms with Crippen molar-refractivity contribution in [1.29, 1.82) is 0 Å². The van der Waals surface area contributed by atoms with Gasteiger partial charge in [-0.15, -0.1) is 12.4 Å². The number of nitrogens with zero attached hydrogens (tertiary/aromatic N) is 2. The summed E-state index contributed by atoms with van der Waals surface area (Å²) < 4.78 is 25.5. The van der Waals surface area contributed by atoms with E-state index in [1.54, 1.807) is 12.1 Å². The first kappa shape index (κ1) is 23.8. The van der Waals surface area contributed by atoms with E-state index >= 15 is 0 Å². The highest BCUT2D eigenvalue weighted by Crippen LogP contribution is 2.20. The zero-order chi connectivity index (χ0) is 19.2. The molecule has 1 aliphatic rings. The molecule has 9 heteroatoms. The number of sulfonamides is 1. The molecule has 1 amide bonds. The van der Waals surface area contributed by atoms with Crippen molar-refractivity contribution in [2.45, 2.75) is 24.2 Å². The topological polar surface area (TPSA) is 81.8 Å². The summed E-state index contributed by atoms with van der Waals surface area (Å²) in [5, 5.41) is 6.00. The largest absolute Gasteiger partial charge is 0.325 e. The third kappa shape index (κ3) is 7.04. The Kier molecular flexibility index (Phi) is 9.69. The number of rotatable bonds is 8. The molecule has 1 aromatic rings. The van der Waals surface area contributed by atoms with E-state index in [4.69, 9.17) is 0 Å². The van der Waals surface area contributed by atoms with E-state index in [-0.39, 0.29) is 23.2 Å². The molecule has 2 N–H and O–H groups in total. The SMILES string of the molecule is CNCCC1CCN(CC(=O)Nc2cccc(S(=O)(=O)N(C)C)c2)CC1.Cl. The maximum absolute atomic E-state index is 12.3. The molecule has 1 saturated heterocycles. The van der Waals surface area contributed by atoms with Crippen LogP contribution in [0, 0.1) is 5.92 Å². The lowest BCUT2D eigenvalue weighted by Crippen LogP contribution is -2.39. The zero-order valence-corrected chi connectivity index (χ0v) is 17.9. The normalized spacial score (nSPS) is 16.1. The molecule has 1 fully saturated rings. The maximum Gasteiger partial charge on any atom is 0.242 e. The molecule has 2 rings (SSSR count). The van der Waals surface area contributed by atoms with Crippen LogP contribution in [-0.2, 0) is 14.8 Å². The van der Waals surface area contributed by atoms with Crippen LogP contribution in [0.2, 0.25) is 0 Å². The number of nitrogens with one attached hydrogen (secondary N) is 2. The predicted molar refractivity (Wildman–Crippen MR) is 111 cm³/mol. The van der Waals surface area contributed by atoms with E-state index in [0.717, 1.165) is 42.7 Å². The summed E-state index contributed by atoms with van der Waals surface area (Å²) >= 11 is 0. The molecule has 1 aliphatic heterocycles. The molecule has 1 aromatic carbocycles. The molecular weight excluding hydrogens is 388 g/mol. The Labute approximate surface area is 168 Å². The summed E-state index contributed by atoms with van der Waals surface area (Å²) in [6, 6.07) is 6.37. The number of halogens is 1. The highest BCUT2D eigenvalue weighted by molar-refractivity contribution is 7.89. The second kappa shape index (κ2) is 11.0. The van der Waals surface area contributed by atoms with E-state index in [1.165, 1.54) is 32.6 Å². The van der Waals surface area contributed by atoms with E-state index in [2.05, 4.69) is 15.5 Å². The molecular formula is C18H31ClN4O3S. The molecule has 27 heavy (non-hydrogen) atoms. The molecule has 1 heterocycles. The van der Waals surface area contributed by atoms with Gasteiger partial charge in [0.1, 0.15) is 0 Å². The fourth-order valence-electron chi connectivity index (χ4n) is 3.13. The first-order valence-corrected chi connectivity index (χ1v) is 10.5. The molecule has 0 radical (unpaired) electrons. The number of carbonyl (C=O) groups excluding carboxylic acids is 1. The van der Waals surface area contributed by atoms with E-state index in [0.29, 0.717) is 12.2 Å². The van der Waals surface area contributed by atoms with Crippen LogP contribution in [-0.4, -0.2) is 70.9 Å². The fourth-order valence-corrected chi connectivity index (χ4v) is 4.08. The van der Waals surface area contributed by atoms with Gasteiger partial charge < -0.3 is 10.6 Å². The second-order valence-electron chi connectivity index (χ2n) is 6.98. The van der Waals surface area contributed by atoms with Crippen LogP contribution in [0.3, 0.4) is 0 Å². The standard InChI is InChI=1S/C18H30N4O3S.ClH/c1-19-10-7-15-8-11-22(12-9-15)14-18(23)20-16-5-4-6-17(13-16)26(24,25)21(2)3;/h4-6,13,15,19H,7-12,14H2,1-3H3,(H,20,23);1H. The third-order valence-electron chi connectivity index (χ3n) is 4.77. The van der Waals surface area contributed by atoms with Crippen LogP contribution in [0.25, 0.3) is 0 Å². The fraction of sp³-hybridized carbons (Fsp3) is 0.611. The third-order valence-corrected chi connectivity index (χ3v) is 6.58. The van der Waals surface area contributed by atoms with Crippen molar-refractivity contribution in [1.82, 2.24) is 14.5 Å². The lowest BCUT2D eigenvalue weighted by Gasteiger charge is -2.31. The Morgan fingerprint density at radius 1 is 1.26 bits per heavy atom. The summed E-state index contributed by atoms with van der Waals surface area (Å²) in [4.78, 5) is 14.6. The predicted octanol–water partition coefficient (Wildman–Crippen LogP) is 1.62. The minimum Gasteiger partial charge on any atom is -0.325 e. The number of amides is 1. The Hall–Kier alpha value is -1.19. The van der Waals surface area contributed by atoms with Crippen molar-refractivity contribution < 1.29 is 13.2 Å². The van der Waals surface area contributed by atoms with Crippen molar-refractivity contribution in [3.05, 3.63) is 24.3 Å². The van der Waals surface area contributed by atoms with Crippen LogP contribution in [0.4, 0.5) is 5.69 Å². The van der Waals surface area contributed by atoms with Crippen molar-refractivity contribution in [3.63, 3.8) is 0 Å². The summed E-state index contributed by atoms with van der Waals surface area (Å²) in [6.45, 7) is 3.23. The van der Waals surface area contributed by atoms with Crippen molar-refractivity contribution in [3.8, 4) is 0 Å². The van der Waals surface area contributed by atoms with Gasteiger partial charge in [-0.25, -0.2) is 12.7 Å². The molecule has 0 unspecified atom stereocenters. The summed E-state index contributed by atoms with van der Waals surface area (Å²) in [6.07, 6.45) is 3.42. The van der Waals surface area contributed by atoms with Crippen molar-refractivity contribution in [2.24, 2.45) is 5.92 Å². The van der Waals surface area contributed by atoms with E-state index in [1.807, 2.05) is 7.05 Å². The van der Waals surface area contributed by atoms with E-state index < -0.39 is 10.0 Å². The molecule has 0 bridgehead atoms. The highest BCUT2D eigenvalue weighted by Gasteiger charge is 2.21. The number of anilines is 1. The molecule has 7 nitrogen and oxygen atoms in total. The summed E-state index contributed by atoms with van der Waals surface area (Å²) in [5.74, 6) is 0.618. The van der Waals surface area contributed by atoms with Gasteiger partial charge in [-0.2, -0.15) is 0 Å². The average molecular weight is 419 g/mol. The lowest BCUT2D eigenvalue weighted by atomic mass is 9.93. The van der Waals surface area contributed by atoms with Gasteiger partial charge in [0, 0.05) is 19.8 Å². The average Bonchev–Trinajstić information content (AvgIpc) is 2.61. The van der Waals surface area contributed by atoms with Crippen LogP contribution in [0.1, 0.15) is 19.3 Å². The van der Waals surface area contributed by atoms with Gasteiger partial charge in [-0.3, -0.25) is 9.69 Å². The number of piperidine rings is 1. The Balaban J connectivity index is 0.00000364. The van der Waals surface area contributed by atoms with Gasteiger partial charge >= 0.3 is 0 Å². The first-order chi connectivity index (χ1) is 12.3. The number of benzene rings is 1. The number of hydrogen-bond donors (Lipinski definition) is 2. The van der Waals surface area contributed by atoms with Crippen LogP contribution >= 0.6 is 12.4 Å². The quantitative estimate of drug-likeness (QED) is 0.670. The van der Waals surface area contributed by atoms with Gasteiger partial charge in [-0.05, 0) is 70.1 Å². The minimum absolute atomic E-state index is 0. The van der Waals surface area contributed by atoms with Gasteiger partial charge in [0.25, 0.3) is 0 Å². The van der Waals surface area contributed by atoms with Gasteiger partial charge in [0.05, 0.1) is 11.4 Å². The molecule has 0 aromatic heterocycles. The van der Waals surface area contributed by atoms with E-state index in [9.17, 15) is 13.2 Å². The zero-order valence-electron chi connectivity index (χ0n) is 16.3. The number of hydrogen-bond acceptors (Lipinski definition) is 5. The van der Waals surface area contributed by atoms with Gasteiger partial charge in [0.15, 0.2) is 0 Å². The van der Waals surface area contributed by atoms with Crippen molar-refractivity contribution >= 4 is 34.0 Å². The summed E-state index contributed by atoms with van der Waals surface area (Å²) in [7, 11) is 1.43. The smallest absolute Gasteiger partial charge is 0.242 e. The van der Waals surface area contributed by atoms with Crippen LogP contribution < -0.4 is 10.6 Å². The Morgan fingerprint density at radius 2 is 1.93 bits per heavy atom. The number of likely N-dealkylation sites (tertiary alicyclic amines) is 1. The second-order valence-corrected chi connectivity index (χ2v) is 9.13. The summed E-state index contributed by atoms with van der Waals surface area (Å²) in [5.41, 5.74) is 0.502. The van der Waals surface area contributed by atoms with Gasteiger partial charge in [-0.1, -0.05) is 6.07 Å². The van der Waals surface area contributed by atoms with Crippen molar-refractivity contribution in [2.75, 3.05) is 52.6 Å². The Morgan fingerprint density at radius 3 is 2.52 bits per heavy atom. The van der Waals surface area contributed by atoms with Gasteiger partial charge in [0.2, 0.25) is 15.9 Å². The molecule has 154 valence electrons. The molecule has 0 spiro atoms. The lowest BCUT2D eigenvalue weighted by molar-refractivity contribution is -0.117. The monoisotopic (exact) mass is 418 g/mol. The highest BCUT2D eigenvalue weighted by atomic mass is 35.5. The minimum atomic E-state index is -3.51. The molecule has 0 aliphatic carbocycles. The maximum atomic E-state index is 12.3. The first-order valence-electron chi connectivity index (χ1n) is 9.02. The molecule has 0 atom stereocenters. The van der Waals surface area contributed by atoms with Crippen LogP contribution in [0.5, 0.6) is 0 Å².